The minimum atomic E-state index is -0.661. The van der Waals surface area contributed by atoms with Crippen molar-refractivity contribution in [2.24, 2.45) is 0 Å². The van der Waals surface area contributed by atoms with Gasteiger partial charge in [-0.05, 0) is 50.6 Å². The highest BCUT2D eigenvalue weighted by Crippen LogP contribution is 2.29. The first-order chi connectivity index (χ1) is 18.0. The van der Waals surface area contributed by atoms with Gasteiger partial charge in [0, 0.05) is 37.6 Å². The molecular weight excluding hydrogens is 470 g/mol. The molecule has 3 unspecified atom stereocenters. The minimum absolute atomic E-state index is 0.0539. The number of carbonyl (C=O) groups excluding carboxylic acids is 2. The quantitative estimate of drug-likeness (QED) is 0.397. The minimum Gasteiger partial charge on any atom is -0.468 e. The molecule has 2 aromatic heterocycles. The highest BCUT2D eigenvalue weighted by Gasteiger charge is 2.37. The molecular formula is C28H35N5O4. The van der Waals surface area contributed by atoms with Gasteiger partial charge in [-0.2, -0.15) is 0 Å². The van der Waals surface area contributed by atoms with Crippen molar-refractivity contribution in [3.8, 4) is 0 Å². The van der Waals surface area contributed by atoms with Gasteiger partial charge >= 0.3 is 5.97 Å². The van der Waals surface area contributed by atoms with Crippen LogP contribution >= 0.6 is 0 Å². The van der Waals surface area contributed by atoms with Crippen molar-refractivity contribution in [2.75, 3.05) is 21.2 Å². The summed E-state index contributed by atoms with van der Waals surface area (Å²) in [6.07, 6.45) is 8.08. The van der Waals surface area contributed by atoms with Crippen LogP contribution in [0.3, 0.4) is 0 Å². The Morgan fingerprint density at radius 3 is 2.57 bits per heavy atom. The number of esters is 1. The largest absolute Gasteiger partial charge is 0.468 e. The number of rotatable bonds is 11. The second-order valence-electron chi connectivity index (χ2n) is 9.60. The second kappa shape index (κ2) is 12.6. The fraction of sp³-hybridized carbons (Fsp3) is 0.429. The van der Waals surface area contributed by atoms with Gasteiger partial charge in [-0.15, -0.1) is 0 Å². The number of hydrogen-bond donors (Lipinski definition) is 1. The third kappa shape index (κ3) is 6.81. The molecule has 1 amide bonds. The fourth-order valence-electron chi connectivity index (χ4n) is 4.96. The third-order valence-corrected chi connectivity index (χ3v) is 6.87. The van der Waals surface area contributed by atoms with Gasteiger partial charge in [-0.25, -0.2) is 4.98 Å². The molecule has 1 aromatic carbocycles. The molecule has 0 bridgehead atoms. The van der Waals surface area contributed by atoms with Crippen LogP contribution in [0.1, 0.15) is 46.8 Å². The Bertz CT molecular complexity index is 1150. The van der Waals surface area contributed by atoms with Crippen LogP contribution in [-0.2, 0) is 29.0 Å². The van der Waals surface area contributed by atoms with Crippen molar-refractivity contribution in [3.63, 3.8) is 0 Å². The van der Waals surface area contributed by atoms with Crippen LogP contribution in [0.5, 0.6) is 0 Å². The van der Waals surface area contributed by atoms with Crippen molar-refractivity contribution < 1.29 is 18.7 Å². The van der Waals surface area contributed by atoms with Crippen molar-refractivity contribution in [2.45, 2.75) is 56.9 Å². The first kappa shape index (κ1) is 26.5. The smallest absolute Gasteiger partial charge is 0.323 e. The zero-order chi connectivity index (χ0) is 26.2. The lowest BCUT2D eigenvalue weighted by atomic mass is 10.1. The van der Waals surface area contributed by atoms with Crippen molar-refractivity contribution >= 4 is 11.9 Å². The number of nitrogens with zero attached hydrogens (tertiary/aromatic N) is 4. The molecule has 1 aliphatic carbocycles. The summed E-state index contributed by atoms with van der Waals surface area (Å²) in [5.74, 6) is -0.305. The molecule has 196 valence electrons. The summed E-state index contributed by atoms with van der Waals surface area (Å²) in [7, 11) is 5.46. The lowest BCUT2D eigenvalue weighted by Gasteiger charge is -2.35. The summed E-state index contributed by atoms with van der Waals surface area (Å²) in [6.45, 7) is 0.923. The Labute approximate surface area is 217 Å². The third-order valence-electron chi connectivity index (χ3n) is 6.87. The Morgan fingerprint density at radius 1 is 1.11 bits per heavy atom. The number of oxazole rings is 1. The van der Waals surface area contributed by atoms with Gasteiger partial charge in [0.05, 0.1) is 13.5 Å². The Kier molecular flexibility index (Phi) is 9.03. The molecule has 2 heterocycles. The normalized spacial score (nSPS) is 18.1. The number of amides is 1. The molecule has 9 nitrogen and oxygen atoms in total. The van der Waals surface area contributed by atoms with Crippen molar-refractivity contribution in [3.05, 3.63) is 83.8 Å². The SMILES string of the molecule is COC(=O)C(Cc1nc(C(=O)N(Cc2cccnc2)C2CCCC2N(C)C)co1)NCc1ccccc1. The second-order valence-corrected chi connectivity index (χ2v) is 9.60. The number of hydrogen-bond acceptors (Lipinski definition) is 8. The highest BCUT2D eigenvalue weighted by atomic mass is 16.5. The van der Waals surface area contributed by atoms with Crippen LogP contribution in [0.4, 0.5) is 0 Å². The summed E-state index contributed by atoms with van der Waals surface area (Å²) in [5, 5.41) is 3.21. The van der Waals surface area contributed by atoms with Crippen molar-refractivity contribution in [1.29, 1.82) is 0 Å². The number of pyridine rings is 1. The zero-order valence-electron chi connectivity index (χ0n) is 21.7. The van der Waals surface area contributed by atoms with E-state index in [1.807, 2.05) is 47.4 Å². The number of carbonyl (C=O) groups is 2. The van der Waals surface area contributed by atoms with E-state index in [9.17, 15) is 9.59 Å². The monoisotopic (exact) mass is 505 g/mol. The molecule has 1 aliphatic rings. The summed E-state index contributed by atoms with van der Waals surface area (Å²) in [5.41, 5.74) is 2.23. The fourth-order valence-corrected chi connectivity index (χ4v) is 4.96. The lowest BCUT2D eigenvalue weighted by molar-refractivity contribution is -0.143. The van der Waals surface area contributed by atoms with E-state index in [1.165, 1.54) is 13.4 Å². The van der Waals surface area contributed by atoms with Gasteiger partial charge in [0.2, 0.25) is 0 Å². The predicted octanol–water partition coefficient (Wildman–Crippen LogP) is 3.07. The average molecular weight is 506 g/mol. The van der Waals surface area contributed by atoms with Gasteiger partial charge < -0.3 is 19.0 Å². The molecule has 0 radical (unpaired) electrons. The number of benzene rings is 1. The number of aromatic nitrogens is 2. The van der Waals surface area contributed by atoms with Crippen LogP contribution in [-0.4, -0.2) is 71.0 Å². The Balaban J connectivity index is 1.51. The molecule has 1 fully saturated rings. The maximum absolute atomic E-state index is 13.8. The molecule has 1 N–H and O–H groups in total. The standard InChI is InChI=1S/C28H35N5O4/c1-32(2)24-12-7-13-25(24)33(18-21-11-8-14-29-16-21)27(34)23-19-37-26(31-23)15-22(28(35)36-3)30-17-20-9-5-4-6-10-20/h4-6,8-11,14,16,19,22,24-25,30H,7,12-13,15,17-18H2,1-3H3. The van der Waals surface area contributed by atoms with Crippen molar-refractivity contribution in [1.82, 2.24) is 25.1 Å². The topological polar surface area (TPSA) is 101 Å². The van der Waals surface area contributed by atoms with Gasteiger partial charge in [0.25, 0.3) is 5.91 Å². The number of nitrogens with one attached hydrogen (secondary N) is 1. The molecule has 3 aromatic rings. The zero-order valence-corrected chi connectivity index (χ0v) is 21.7. The van der Waals surface area contributed by atoms with Crippen LogP contribution in [0.2, 0.25) is 0 Å². The van der Waals surface area contributed by atoms with E-state index in [1.54, 1.807) is 12.4 Å². The van der Waals surface area contributed by atoms with E-state index in [0.717, 1.165) is 30.4 Å². The predicted molar refractivity (Wildman–Crippen MR) is 139 cm³/mol. The van der Waals surface area contributed by atoms with Crippen LogP contribution in [0.15, 0.2) is 65.5 Å². The summed E-state index contributed by atoms with van der Waals surface area (Å²) < 4.78 is 10.6. The summed E-state index contributed by atoms with van der Waals surface area (Å²) in [6, 6.07) is 13.3. The van der Waals surface area contributed by atoms with Gasteiger partial charge in [0.15, 0.2) is 11.6 Å². The number of ether oxygens (including phenoxy) is 1. The molecule has 4 rings (SSSR count). The molecule has 9 heteroatoms. The summed E-state index contributed by atoms with van der Waals surface area (Å²) in [4.78, 5) is 39.0. The Morgan fingerprint density at radius 2 is 1.86 bits per heavy atom. The molecule has 0 spiro atoms. The van der Waals surface area contributed by atoms with Crippen LogP contribution in [0.25, 0.3) is 0 Å². The average Bonchev–Trinajstić information content (AvgIpc) is 3.60. The van der Waals surface area contributed by atoms with Gasteiger partial charge in [-0.1, -0.05) is 36.4 Å². The van der Waals surface area contributed by atoms with E-state index in [0.29, 0.717) is 19.0 Å². The number of methoxy groups -OCH3 is 1. The maximum Gasteiger partial charge on any atom is 0.323 e. The molecule has 0 aliphatic heterocycles. The lowest BCUT2D eigenvalue weighted by Crippen LogP contribution is -2.48. The molecule has 37 heavy (non-hydrogen) atoms. The molecule has 3 atom stereocenters. The Hall–Kier alpha value is -3.56. The van der Waals surface area contributed by atoms with E-state index in [-0.39, 0.29) is 30.1 Å². The van der Waals surface area contributed by atoms with Crippen LogP contribution < -0.4 is 5.32 Å². The first-order valence-corrected chi connectivity index (χ1v) is 12.6. The van der Waals surface area contributed by atoms with E-state index >= 15 is 0 Å². The van der Waals surface area contributed by atoms with Gasteiger partial charge in [-0.3, -0.25) is 19.9 Å². The number of likely N-dealkylation sites (N-methyl/N-ethyl adjacent to an activating group) is 1. The van der Waals surface area contributed by atoms with Gasteiger partial charge in [0.1, 0.15) is 12.3 Å². The highest BCUT2D eigenvalue weighted by molar-refractivity contribution is 5.92. The van der Waals surface area contributed by atoms with E-state index in [4.69, 9.17) is 9.15 Å². The molecule has 0 saturated heterocycles. The van der Waals surface area contributed by atoms with Crippen LogP contribution in [0, 0.1) is 0 Å². The summed E-state index contributed by atoms with van der Waals surface area (Å²) >= 11 is 0. The first-order valence-electron chi connectivity index (χ1n) is 12.6. The van der Waals surface area contributed by atoms with E-state index in [2.05, 4.69) is 34.3 Å². The van der Waals surface area contributed by atoms with E-state index < -0.39 is 12.0 Å². The molecule has 1 saturated carbocycles. The maximum atomic E-state index is 13.8.